The van der Waals surface area contributed by atoms with E-state index in [9.17, 15) is 0 Å². The maximum Gasteiger partial charge on any atom is 0.146 e. The Morgan fingerprint density at radius 1 is 0.144 bits per heavy atom. The van der Waals surface area contributed by atoms with E-state index in [1.807, 2.05) is 67.4 Å². The Labute approximate surface area is 757 Å². The molecule has 0 atom stereocenters. The summed E-state index contributed by atoms with van der Waals surface area (Å²) in [5.74, 6) is 0. The van der Waals surface area contributed by atoms with Crippen molar-refractivity contribution in [2.75, 3.05) is 0 Å². The largest absolute Gasteiger partial charge is 0.292 e. The van der Waals surface area contributed by atoms with Gasteiger partial charge in [0.15, 0.2) is 0 Å². The van der Waals surface area contributed by atoms with Crippen molar-refractivity contribution in [2.24, 2.45) is 0 Å². The van der Waals surface area contributed by atoms with E-state index in [1.165, 1.54) is 115 Å². The SMILES string of the molecule is c1ccc(-c2ccc3c(c2)c2cc(-c4ccccn4)ccc2n2c4ccccc4nc32)cc1.c1ccc(-c2ccc3c(c2)c2cc(-c4cccnc4)ccc2c2nc4ccccc4n32)cc1.c1ccc(-c2ccc3c(c2)c2cc(-c4ccncc4)ccc2c2nc4ccccc4n32)cc1.c1ccc(-c2ccc3c(c2)c2ccc(-c4ccccc4)cc2n2c4ccccc4nc32)cc1. The highest BCUT2D eigenvalue weighted by Crippen LogP contribution is 2.44. The molecule has 0 unspecified atom stereocenters. The van der Waals surface area contributed by atoms with Gasteiger partial charge in [-0.1, -0.05) is 267 Å². The van der Waals surface area contributed by atoms with Crippen molar-refractivity contribution in [3.05, 3.63) is 468 Å². The maximum atomic E-state index is 5.06. The van der Waals surface area contributed by atoms with Crippen LogP contribution < -0.4 is 0 Å². The summed E-state index contributed by atoms with van der Waals surface area (Å²) in [6.45, 7) is 0. The average molecular weight is 1690 g/mol. The van der Waals surface area contributed by atoms with Gasteiger partial charge in [-0.3, -0.25) is 32.6 Å². The lowest BCUT2D eigenvalue weighted by atomic mass is 9.97. The van der Waals surface area contributed by atoms with Crippen molar-refractivity contribution < 1.29 is 0 Å². The lowest BCUT2D eigenvalue weighted by Gasteiger charge is -2.12. The first-order chi connectivity index (χ1) is 65.5. The molecule has 132 heavy (non-hydrogen) atoms. The molecule has 0 amide bonds. The van der Waals surface area contributed by atoms with Crippen molar-refractivity contribution in [2.45, 2.75) is 0 Å². The predicted molar refractivity (Wildman–Crippen MR) is 548 cm³/mol. The number of benzene rings is 17. The molecule has 28 rings (SSSR count). The molecule has 0 radical (unpaired) electrons. The molecule has 0 fully saturated rings. The normalized spacial score (nSPS) is 11.6. The second-order valence-electron chi connectivity index (χ2n) is 33.5. The van der Waals surface area contributed by atoms with Crippen LogP contribution in [0.4, 0.5) is 0 Å². The van der Waals surface area contributed by atoms with Crippen molar-refractivity contribution in [1.82, 2.24) is 52.5 Å². The van der Waals surface area contributed by atoms with Gasteiger partial charge in [-0.05, 0) is 264 Å². The number of fused-ring (bicyclic) bond motifs is 32. The Morgan fingerprint density at radius 3 is 0.780 bits per heavy atom. The molecule has 616 valence electrons. The molecule has 0 spiro atoms. The van der Waals surface area contributed by atoms with Gasteiger partial charge in [0.05, 0.1) is 71.9 Å². The summed E-state index contributed by atoms with van der Waals surface area (Å²) in [5, 5.41) is 14.3. The second kappa shape index (κ2) is 32.2. The smallest absolute Gasteiger partial charge is 0.146 e. The van der Waals surface area contributed by atoms with Crippen LogP contribution in [0.3, 0.4) is 0 Å². The zero-order valence-corrected chi connectivity index (χ0v) is 71.4. The highest BCUT2D eigenvalue weighted by atomic mass is 15.0. The Bertz CT molecular complexity index is 8730. The number of rotatable bonds is 8. The highest BCUT2D eigenvalue weighted by Gasteiger charge is 2.22. The summed E-state index contributed by atoms with van der Waals surface area (Å²) < 4.78 is 9.21. The number of hydrogen-bond donors (Lipinski definition) is 0. The lowest BCUT2D eigenvalue weighted by Crippen LogP contribution is -1.93. The summed E-state index contributed by atoms with van der Waals surface area (Å²) in [5.41, 5.74) is 36.0. The third-order valence-electron chi connectivity index (χ3n) is 25.9. The molecule has 17 aromatic carbocycles. The maximum absolute atomic E-state index is 5.06. The quantitative estimate of drug-likeness (QED) is 0.139. The van der Waals surface area contributed by atoms with Crippen molar-refractivity contribution in [1.29, 1.82) is 0 Å². The molecule has 11 nitrogen and oxygen atoms in total. The molecule has 11 heteroatoms. The highest BCUT2D eigenvalue weighted by molar-refractivity contribution is 6.20. The Hall–Kier alpha value is -17.9. The minimum Gasteiger partial charge on any atom is -0.292 e. The molecule has 0 saturated heterocycles. The molecule has 11 heterocycles. The van der Waals surface area contributed by atoms with Crippen LogP contribution in [0.1, 0.15) is 0 Å². The molecular formula is C121H77N11. The number of pyridine rings is 7. The third-order valence-corrected chi connectivity index (χ3v) is 25.9. The first kappa shape index (κ1) is 76.5. The summed E-state index contributed by atoms with van der Waals surface area (Å²) in [6, 6.07) is 154. The van der Waals surface area contributed by atoms with Crippen LogP contribution in [0.2, 0.25) is 0 Å². The van der Waals surface area contributed by atoms with E-state index in [2.05, 4.69) is 433 Å². The number of hydrogen-bond acceptors (Lipinski definition) is 7. The standard InChI is InChI=1S/C31H20N2.3C30H19N3/c1-3-9-21(10-4-1)23-16-18-26-27(19-23)25-17-15-24(22-11-5-2-6-12-22)20-30(25)33-29-14-8-7-13-28(29)32-31(26)33;1-2-8-20(9-3-1)21-13-15-23-24(18-21)25-19-22(26-10-6-7-17-31-26)14-16-28(25)33-29-12-5-4-11-27(29)32-30(23)33;1-2-7-20(8-3-1)21-13-15-28-26(18-21)25-17-22(23-9-6-16-31-19-23)12-14-24(25)30-32-27-10-4-5-11-29(27)33(28)30;1-2-6-20(7-3-1)23-11-13-28-26(19-23)25-18-22(21-14-16-31-17-15-21)10-12-24(25)30-32-27-8-4-5-9-29(27)33(28)30/h1-20H;3*1-19H. The summed E-state index contributed by atoms with van der Waals surface area (Å²) in [4.78, 5) is 33.2. The fourth-order valence-corrected chi connectivity index (χ4v) is 19.6. The molecule has 11 aromatic heterocycles. The Morgan fingerprint density at radius 2 is 0.424 bits per heavy atom. The minimum atomic E-state index is 0.974. The van der Waals surface area contributed by atoms with E-state index in [4.69, 9.17) is 19.9 Å². The van der Waals surface area contributed by atoms with Gasteiger partial charge in [0.25, 0.3) is 0 Å². The first-order valence-corrected chi connectivity index (χ1v) is 44.5. The number of aromatic nitrogens is 11. The molecular weight excluding hydrogens is 1610 g/mol. The molecule has 0 aliphatic carbocycles. The zero-order chi connectivity index (χ0) is 87.1. The van der Waals surface area contributed by atoms with E-state index in [0.29, 0.717) is 0 Å². The van der Waals surface area contributed by atoms with Crippen LogP contribution in [0.5, 0.6) is 0 Å². The number of para-hydroxylation sites is 8. The van der Waals surface area contributed by atoms with Crippen LogP contribution >= 0.6 is 0 Å². The van der Waals surface area contributed by atoms with Crippen molar-refractivity contribution >= 4 is 153 Å². The van der Waals surface area contributed by atoms with Gasteiger partial charge >= 0.3 is 0 Å². The van der Waals surface area contributed by atoms with Gasteiger partial charge in [-0.25, -0.2) is 19.9 Å². The zero-order valence-electron chi connectivity index (χ0n) is 71.4. The Kier molecular flexibility index (Phi) is 18.7. The van der Waals surface area contributed by atoms with E-state index >= 15 is 0 Å². The van der Waals surface area contributed by atoms with Gasteiger partial charge in [0, 0.05) is 85.2 Å². The summed E-state index contributed by atoms with van der Waals surface area (Å²) >= 11 is 0. The predicted octanol–water partition coefficient (Wildman–Crippen LogP) is 30.7. The molecule has 0 saturated carbocycles. The fourth-order valence-electron chi connectivity index (χ4n) is 19.6. The first-order valence-electron chi connectivity index (χ1n) is 44.5. The summed E-state index contributed by atoms with van der Waals surface area (Å²) in [7, 11) is 0. The summed E-state index contributed by atoms with van der Waals surface area (Å²) in [6.07, 6.45) is 9.26. The van der Waals surface area contributed by atoms with Crippen LogP contribution in [0.25, 0.3) is 243 Å². The van der Waals surface area contributed by atoms with Gasteiger partial charge in [-0.15, -0.1) is 0 Å². The second-order valence-corrected chi connectivity index (χ2v) is 33.5. The van der Waals surface area contributed by atoms with E-state index < -0.39 is 0 Å². The van der Waals surface area contributed by atoms with Gasteiger partial charge in [0.1, 0.15) is 22.6 Å². The van der Waals surface area contributed by atoms with Crippen molar-refractivity contribution in [3.8, 4) is 89.1 Å². The minimum absolute atomic E-state index is 0.974. The average Bonchev–Trinajstić information content (AvgIpc) is 1.53. The van der Waals surface area contributed by atoms with Crippen LogP contribution in [-0.2, 0) is 0 Å². The third kappa shape index (κ3) is 13.3. The van der Waals surface area contributed by atoms with Gasteiger partial charge in [-0.2, -0.15) is 0 Å². The molecule has 28 aromatic rings. The van der Waals surface area contributed by atoms with Gasteiger partial charge in [0.2, 0.25) is 0 Å². The van der Waals surface area contributed by atoms with E-state index in [-0.39, 0.29) is 0 Å². The van der Waals surface area contributed by atoms with Crippen LogP contribution in [-0.4, -0.2) is 52.5 Å². The number of nitrogens with zero attached hydrogens (tertiary/aromatic N) is 11. The lowest BCUT2D eigenvalue weighted by molar-refractivity contribution is 1.31. The monoisotopic (exact) mass is 1680 g/mol. The Balaban J connectivity index is 0.0000000945. The number of imidazole rings is 4. The van der Waals surface area contributed by atoms with Crippen LogP contribution in [0, 0.1) is 0 Å². The van der Waals surface area contributed by atoms with E-state index in [1.54, 1.807) is 0 Å². The molecule has 0 bridgehead atoms. The van der Waals surface area contributed by atoms with Crippen molar-refractivity contribution in [3.63, 3.8) is 0 Å². The molecule has 0 N–H and O–H groups in total. The molecule has 0 aliphatic heterocycles. The van der Waals surface area contributed by atoms with E-state index in [0.717, 1.165) is 127 Å². The van der Waals surface area contributed by atoms with Crippen LogP contribution in [0.15, 0.2) is 468 Å². The fraction of sp³-hybridized carbons (Fsp3) is 0. The van der Waals surface area contributed by atoms with Gasteiger partial charge < -0.3 is 0 Å². The molecule has 0 aliphatic rings. The topological polar surface area (TPSA) is 108 Å².